The topological polar surface area (TPSA) is 78.5 Å². The fourth-order valence-corrected chi connectivity index (χ4v) is 5.01. The molecule has 9 heteroatoms. The Morgan fingerprint density at radius 3 is 2.50 bits per heavy atom. The number of ketones is 1. The molecule has 2 heterocycles. The van der Waals surface area contributed by atoms with Crippen LogP contribution in [0.4, 0.5) is 4.39 Å². The molecule has 0 bridgehead atoms. The minimum Gasteiger partial charge on any atom is -0.493 e. The number of methoxy groups -OCH3 is 2. The first-order chi connectivity index (χ1) is 18.3. The Hall–Kier alpha value is -4.04. The molecule has 196 valence electrons. The summed E-state index contributed by atoms with van der Waals surface area (Å²) in [5.74, 6) is 0.673. The predicted octanol–water partition coefficient (Wildman–Crippen LogP) is 5.27. The Balaban J connectivity index is 1.59. The highest BCUT2D eigenvalue weighted by Gasteiger charge is 2.32. The van der Waals surface area contributed by atoms with Gasteiger partial charge in [-0.15, -0.1) is 0 Å². The van der Waals surface area contributed by atoms with Crippen LogP contribution in [0.2, 0.25) is 5.02 Å². The van der Waals surface area contributed by atoms with E-state index in [0.29, 0.717) is 47.0 Å². The lowest BCUT2D eigenvalue weighted by Gasteiger charge is -2.27. The number of benzene rings is 3. The second-order valence-corrected chi connectivity index (χ2v) is 9.67. The van der Waals surface area contributed by atoms with E-state index in [-0.39, 0.29) is 17.4 Å². The number of Topliss-reactive ketones (excluding diaryl/α,β-unsaturated/α-hetero) is 1. The zero-order chi connectivity index (χ0) is 27.0. The molecule has 1 atom stereocenters. The summed E-state index contributed by atoms with van der Waals surface area (Å²) in [5, 5.41) is 8.61. The fourth-order valence-electron chi connectivity index (χ4n) is 4.77. The van der Waals surface area contributed by atoms with Gasteiger partial charge in [-0.2, -0.15) is 0 Å². The standard InChI is InChI=1S/C29H27ClFN3O4/c1-33-8-9-34(29(33)32)15-17-10-22(18-5-7-25(36-2)26(13-18)37-3)28-23(11-17)27(35)20(16-38-28)12-19-4-6-21(31)14-24(19)30/h4-11,13-14,20,32H,12,15-16H2,1-3H3/t20-/m1/s1. The van der Waals surface area contributed by atoms with Crippen LogP contribution in [0.5, 0.6) is 17.2 Å². The predicted molar refractivity (Wildman–Crippen MR) is 142 cm³/mol. The van der Waals surface area contributed by atoms with Gasteiger partial charge in [0.05, 0.1) is 38.9 Å². The van der Waals surface area contributed by atoms with Gasteiger partial charge < -0.3 is 23.3 Å². The van der Waals surface area contributed by atoms with Crippen molar-refractivity contribution in [2.45, 2.75) is 13.0 Å². The first kappa shape index (κ1) is 25.6. The zero-order valence-electron chi connectivity index (χ0n) is 21.3. The lowest BCUT2D eigenvalue weighted by Crippen LogP contribution is -2.30. The van der Waals surface area contributed by atoms with Gasteiger partial charge in [0.2, 0.25) is 5.62 Å². The third-order valence-corrected chi connectivity index (χ3v) is 7.17. The molecular formula is C29H27ClFN3O4. The number of carbonyl (C=O) groups is 1. The Bertz CT molecular complexity index is 1590. The summed E-state index contributed by atoms with van der Waals surface area (Å²) in [4.78, 5) is 13.8. The van der Waals surface area contributed by atoms with Crippen LogP contribution in [0.3, 0.4) is 0 Å². The molecule has 0 saturated heterocycles. The Kier molecular flexibility index (Phi) is 6.99. The lowest BCUT2D eigenvalue weighted by atomic mass is 9.86. The number of imidazole rings is 1. The normalized spacial score (nSPS) is 14.7. The van der Waals surface area contributed by atoms with Crippen LogP contribution in [0.15, 0.2) is 60.9 Å². The van der Waals surface area contributed by atoms with Gasteiger partial charge in [-0.3, -0.25) is 10.2 Å². The molecule has 0 spiro atoms. The summed E-state index contributed by atoms with van der Waals surface area (Å²) in [7, 11) is 4.95. The molecule has 0 amide bonds. The average Bonchev–Trinajstić information content (AvgIpc) is 3.23. The number of ether oxygens (including phenoxy) is 3. The first-order valence-corrected chi connectivity index (χ1v) is 12.4. The molecule has 7 nitrogen and oxygen atoms in total. The Morgan fingerprint density at radius 2 is 1.82 bits per heavy atom. The van der Waals surface area contributed by atoms with Gasteiger partial charge >= 0.3 is 0 Å². The van der Waals surface area contributed by atoms with Gasteiger partial charge in [0.25, 0.3) is 0 Å². The SMILES string of the molecule is COc1ccc(-c2cc(Cn3ccn(C)c3=N)cc3c2OC[C@@H](Cc2ccc(F)cc2Cl)C3=O)cc1OC. The van der Waals surface area contributed by atoms with Crippen LogP contribution in [0.1, 0.15) is 21.5 Å². The van der Waals surface area contributed by atoms with Crippen molar-refractivity contribution >= 4 is 17.4 Å². The van der Waals surface area contributed by atoms with Crippen LogP contribution in [0.25, 0.3) is 11.1 Å². The first-order valence-electron chi connectivity index (χ1n) is 12.1. The number of fused-ring (bicyclic) bond motifs is 1. The molecule has 3 aromatic carbocycles. The second-order valence-electron chi connectivity index (χ2n) is 9.26. The van der Waals surface area contributed by atoms with Gasteiger partial charge in [0.1, 0.15) is 11.6 Å². The number of nitrogens with one attached hydrogen (secondary N) is 1. The maximum Gasteiger partial charge on any atom is 0.202 e. The molecule has 4 aromatic rings. The molecule has 1 aromatic heterocycles. The van der Waals surface area contributed by atoms with Crippen molar-refractivity contribution in [3.63, 3.8) is 0 Å². The monoisotopic (exact) mass is 535 g/mol. The van der Waals surface area contributed by atoms with Gasteiger partial charge in [0.15, 0.2) is 17.3 Å². The van der Waals surface area contributed by atoms with Crippen molar-refractivity contribution in [3.05, 3.63) is 94.1 Å². The number of halogens is 2. The van der Waals surface area contributed by atoms with Crippen molar-refractivity contribution in [2.75, 3.05) is 20.8 Å². The molecule has 0 saturated carbocycles. The summed E-state index contributed by atoms with van der Waals surface area (Å²) in [5.41, 5.74) is 3.88. The van der Waals surface area contributed by atoms with Gasteiger partial charge in [-0.05, 0) is 59.5 Å². The molecule has 38 heavy (non-hydrogen) atoms. The van der Waals surface area contributed by atoms with E-state index in [9.17, 15) is 9.18 Å². The highest BCUT2D eigenvalue weighted by atomic mass is 35.5. The number of carbonyl (C=O) groups excluding carboxylic acids is 1. The number of nitrogens with zero attached hydrogens (tertiary/aromatic N) is 2. The number of hydrogen-bond acceptors (Lipinski definition) is 5. The lowest BCUT2D eigenvalue weighted by molar-refractivity contribution is 0.0831. The molecule has 1 aliphatic rings. The molecule has 0 radical (unpaired) electrons. The van der Waals surface area contributed by atoms with E-state index in [4.69, 9.17) is 31.2 Å². The van der Waals surface area contributed by atoms with E-state index in [2.05, 4.69) is 0 Å². The van der Waals surface area contributed by atoms with Crippen LogP contribution in [-0.2, 0) is 20.0 Å². The van der Waals surface area contributed by atoms with Crippen molar-refractivity contribution < 1.29 is 23.4 Å². The number of hydrogen-bond donors (Lipinski definition) is 1. The van der Waals surface area contributed by atoms with Crippen LogP contribution in [-0.4, -0.2) is 35.7 Å². The number of rotatable bonds is 7. The van der Waals surface area contributed by atoms with Gasteiger partial charge in [-0.1, -0.05) is 23.7 Å². The van der Waals surface area contributed by atoms with Crippen LogP contribution >= 0.6 is 11.6 Å². The summed E-state index contributed by atoms with van der Waals surface area (Å²) in [6.45, 7) is 0.568. The van der Waals surface area contributed by atoms with Crippen molar-refractivity contribution in [1.82, 2.24) is 9.13 Å². The third-order valence-electron chi connectivity index (χ3n) is 6.82. The Morgan fingerprint density at radius 1 is 1.05 bits per heavy atom. The van der Waals surface area contributed by atoms with Crippen LogP contribution in [0, 0.1) is 17.1 Å². The molecule has 0 fully saturated rings. The van der Waals surface area contributed by atoms with Crippen molar-refractivity contribution in [1.29, 1.82) is 5.41 Å². The maximum atomic E-state index is 13.8. The Labute approximate surface area is 224 Å². The van der Waals surface area contributed by atoms with E-state index >= 15 is 0 Å². The zero-order valence-corrected chi connectivity index (χ0v) is 22.0. The third kappa shape index (κ3) is 4.79. The number of aromatic nitrogens is 2. The minimum atomic E-state index is -0.477. The summed E-state index contributed by atoms with van der Waals surface area (Å²) in [6.07, 6.45) is 3.97. The van der Waals surface area contributed by atoms with E-state index in [0.717, 1.165) is 16.7 Å². The smallest absolute Gasteiger partial charge is 0.202 e. The van der Waals surface area contributed by atoms with Crippen LogP contribution < -0.4 is 19.8 Å². The van der Waals surface area contributed by atoms with Gasteiger partial charge in [-0.25, -0.2) is 4.39 Å². The van der Waals surface area contributed by atoms with Gasteiger partial charge in [0, 0.05) is 30.0 Å². The van der Waals surface area contributed by atoms with E-state index in [1.807, 2.05) is 49.8 Å². The summed E-state index contributed by atoms with van der Waals surface area (Å²) in [6, 6.07) is 13.6. The van der Waals surface area contributed by atoms with Crippen molar-refractivity contribution in [2.24, 2.45) is 13.0 Å². The summed E-state index contributed by atoms with van der Waals surface area (Å²) < 4.78 is 34.2. The molecule has 0 unspecified atom stereocenters. The average molecular weight is 536 g/mol. The van der Waals surface area contributed by atoms with Crippen molar-refractivity contribution in [3.8, 4) is 28.4 Å². The fraction of sp³-hybridized carbons (Fsp3) is 0.241. The highest BCUT2D eigenvalue weighted by molar-refractivity contribution is 6.31. The van der Waals surface area contributed by atoms with E-state index in [1.165, 1.54) is 12.1 Å². The molecule has 1 aliphatic heterocycles. The largest absolute Gasteiger partial charge is 0.493 e. The number of aryl methyl sites for hydroxylation is 1. The quantitative estimate of drug-likeness (QED) is 0.350. The molecule has 0 aliphatic carbocycles. The molecule has 1 N–H and O–H groups in total. The molecular weight excluding hydrogens is 509 g/mol. The maximum absolute atomic E-state index is 13.8. The summed E-state index contributed by atoms with van der Waals surface area (Å²) >= 11 is 6.25. The van der Waals surface area contributed by atoms with E-state index < -0.39 is 11.7 Å². The molecule has 5 rings (SSSR count). The minimum absolute atomic E-state index is 0.0700. The van der Waals surface area contributed by atoms with E-state index in [1.54, 1.807) is 29.4 Å². The second kappa shape index (κ2) is 10.4. The highest BCUT2D eigenvalue weighted by Crippen LogP contribution is 2.42.